The molecule has 0 aliphatic heterocycles. The average Bonchev–Trinajstić information content (AvgIpc) is 2.75. The van der Waals surface area contributed by atoms with Crippen molar-refractivity contribution in [2.24, 2.45) is 0 Å². The van der Waals surface area contributed by atoms with Crippen LogP contribution in [0, 0.1) is 0 Å². The molecule has 1 heterocycles. The first kappa shape index (κ1) is 10.7. The lowest BCUT2D eigenvalue weighted by atomic mass is 9.84. The molecular weight excluding hydrogens is 188 g/mol. The summed E-state index contributed by atoms with van der Waals surface area (Å²) in [5, 5.41) is 7.10. The summed E-state index contributed by atoms with van der Waals surface area (Å²) in [6.45, 7) is 0.967. The van der Waals surface area contributed by atoms with Crippen LogP contribution in [0.1, 0.15) is 49.3 Å². The summed E-state index contributed by atoms with van der Waals surface area (Å²) in [6.07, 6.45) is 9.64. The number of nitrogens with one attached hydrogen (secondary N) is 1. The second-order valence-electron chi connectivity index (χ2n) is 4.39. The van der Waals surface area contributed by atoms with Gasteiger partial charge in [-0.15, -0.1) is 0 Å². The highest BCUT2D eigenvalue weighted by Crippen LogP contribution is 2.34. The Balaban J connectivity index is 2.02. The summed E-state index contributed by atoms with van der Waals surface area (Å²) < 4.78 is 5.33. The minimum Gasteiger partial charge on any atom is -0.361 e. The summed E-state index contributed by atoms with van der Waals surface area (Å²) in [7, 11) is 1.97. The molecule has 1 aliphatic carbocycles. The Bertz CT molecular complexity index is 290. The minimum atomic E-state index is 0.705. The molecule has 15 heavy (non-hydrogen) atoms. The topological polar surface area (TPSA) is 38.1 Å². The van der Waals surface area contributed by atoms with Gasteiger partial charge in [-0.2, -0.15) is 0 Å². The van der Waals surface area contributed by atoms with Gasteiger partial charge in [0.15, 0.2) is 0 Å². The van der Waals surface area contributed by atoms with E-state index in [0.717, 1.165) is 18.7 Å². The second kappa shape index (κ2) is 5.31. The summed E-state index contributed by atoms with van der Waals surface area (Å²) >= 11 is 0. The molecule has 2 rings (SSSR count). The highest BCUT2D eigenvalue weighted by atomic mass is 16.5. The molecule has 1 N–H and O–H groups in total. The number of rotatable bonds is 4. The summed E-state index contributed by atoms with van der Waals surface area (Å²) in [5.41, 5.74) is 1.37. The van der Waals surface area contributed by atoms with Gasteiger partial charge in [-0.25, -0.2) is 0 Å². The third-order valence-electron chi connectivity index (χ3n) is 3.32. The molecule has 1 saturated carbocycles. The minimum absolute atomic E-state index is 0.705. The van der Waals surface area contributed by atoms with Crippen molar-refractivity contribution in [1.82, 2.24) is 10.5 Å². The maximum Gasteiger partial charge on any atom is 0.141 e. The van der Waals surface area contributed by atoms with Crippen molar-refractivity contribution < 1.29 is 4.52 Å². The predicted octanol–water partition coefficient (Wildman–Crippen LogP) is 2.48. The molecule has 3 nitrogen and oxygen atoms in total. The molecule has 0 atom stereocenters. The van der Waals surface area contributed by atoms with Crippen LogP contribution < -0.4 is 5.32 Å². The SMILES string of the molecule is CNCCc1oncc1C1CCCCC1. The van der Waals surface area contributed by atoms with E-state index in [9.17, 15) is 0 Å². The zero-order valence-electron chi connectivity index (χ0n) is 9.46. The van der Waals surface area contributed by atoms with Crippen molar-refractivity contribution in [3.8, 4) is 0 Å². The van der Waals surface area contributed by atoms with Gasteiger partial charge in [-0.1, -0.05) is 24.4 Å². The van der Waals surface area contributed by atoms with Gasteiger partial charge >= 0.3 is 0 Å². The lowest BCUT2D eigenvalue weighted by Gasteiger charge is -2.20. The van der Waals surface area contributed by atoms with Crippen LogP contribution in [0.3, 0.4) is 0 Å². The standard InChI is InChI=1S/C12H20N2O/c1-13-8-7-12-11(9-14-15-12)10-5-3-2-4-6-10/h9-10,13H,2-8H2,1H3. The first-order valence-electron chi connectivity index (χ1n) is 6.00. The van der Waals surface area contributed by atoms with E-state index in [-0.39, 0.29) is 0 Å². The number of nitrogens with zero attached hydrogens (tertiary/aromatic N) is 1. The highest BCUT2D eigenvalue weighted by molar-refractivity contribution is 5.19. The van der Waals surface area contributed by atoms with Crippen molar-refractivity contribution in [2.75, 3.05) is 13.6 Å². The van der Waals surface area contributed by atoms with Gasteiger partial charge < -0.3 is 9.84 Å². The van der Waals surface area contributed by atoms with Gasteiger partial charge in [0.25, 0.3) is 0 Å². The number of hydrogen-bond donors (Lipinski definition) is 1. The Morgan fingerprint density at radius 1 is 1.40 bits per heavy atom. The van der Waals surface area contributed by atoms with E-state index in [4.69, 9.17) is 4.52 Å². The van der Waals surface area contributed by atoms with Crippen LogP contribution in [-0.2, 0) is 6.42 Å². The third kappa shape index (κ3) is 2.59. The Labute approximate surface area is 91.2 Å². The van der Waals surface area contributed by atoms with Crippen LogP contribution in [0.15, 0.2) is 10.7 Å². The molecule has 1 aliphatic rings. The van der Waals surface area contributed by atoms with Crippen molar-refractivity contribution in [1.29, 1.82) is 0 Å². The number of likely N-dealkylation sites (N-methyl/N-ethyl adjacent to an activating group) is 1. The molecule has 0 spiro atoms. The molecule has 0 amide bonds. The lowest BCUT2D eigenvalue weighted by molar-refractivity contribution is 0.374. The first-order chi connectivity index (χ1) is 7.42. The van der Waals surface area contributed by atoms with E-state index in [1.165, 1.54) is 37.7 Å². The first-order valence-corrected chi connectivity index (χ1v) is 6.00. The Morgan fingerprint density at radius 3 is 2.93 bits per heavy atom. The molecule has 0 bridgehead atoms. The van der Waals surface area contributed by atoms with Crippen LogP contribution in [0.5, 0.6) is 0 Å². The van der Waals surface area contributed by atoms with Crippen LogP contribution >= 0.6 is 0 Å². The highest BCUT2D eigenvalue weighted by Gasteiger charge is 2.20. The van der Waals surface area contributed by atoms with E-state index in [2.05, 4.69) is 10.5 Å². The van der Waals surface area contributed by atoms with Crippen molar-refractivity contribution in [3.05, 3.63) is 17.5 Å². The Morgan fingerprint density at radius 2 is 2.20 bits per heavy atom. The van der Waals surface area contributed by atoms with Gasteiger partial charge in [0.2, 0.25) is 0 Å². The number of hydrogen-bond acceptors (Lipinski definition) is 3. The van der Waals surface area contributed by atoms with Gasteiger partial charge in [0.05, 0.1) is 6.20 Å². The van der Waals surface area contributed by atoms with Crippen LogP contribution in [-0.4, -0.2) is 18.7 Å². The second-order valence-corrected chi connectivity index (χ2v) is 4.39. The fourth-order valence-corrected chi connectivity index (χ4v) is 2.45. The number of aromatic nitrogens is 1. The van der Waals surface area contributed by atoms with Gasteiger partial charge in [0.1, 0.15) is 5.76 Å². The maximum atomic E-state index is 5.33. The molecule has 0 radical (unpaired) electrons. The lowest BCUT2D eigenvalue weighted by Crippen LogP contribution is -2.12. The third-order valence-corrected chi connectivity index (χ3v) is 3.32. The largest absolute Gasteiger partial charge is 0.361 e. The van der Waals surface area contributed by atoms with E-state index >= 15 is 0 Å². The van der Waals surface area contributed by atoms with E-state index in [0.29, 0.717) is 5.92 Å². The smallest absolute Gasteiger partial charge is 0.141 e. The van der Waals surface area contributed by atoms with E-state index in [1.807, 2.05) is 13.2 Å². The Hall–Kier alpha value is -0.830. The molecular formula is C12H20N2O. The van der Waals surface area contributed by atoms with E-state index < -0.39 is 0 Å². The average molecular weight is 208 g/mol. The fraction of sp³-hybridized carbons (Fsp3) is 0.750. The monoisotopic (exact) mass is 208 g/mol. The molecule has 0 unspecified atom stereocenters. The fourth-order valence-electron chi connectivity index (χ4n) is 2.45. The quantitative estimate of drug-likeness (QED) is 0.826. The van der Waals surface area contributed by atoms with Gasteiger partial charge in [-0.3, -0.25) is 0 Å². The van der Waals surface area contributed by atoms with Crippen molar-refractivity contribution in [2.45, 2.75) is 44.4 Å². The summed E-state index contributed by atoms with van der Waals surface area (Å²) in [6, 6.07) is 0. The molecule has 1 aromatic heterocycles. The van der Waals surface area contributed by atoms with Gasteiger partial charge in [0, 0.05) is 18.5 Å². The van der Waals surface area contributed by atoms with Gasteiger partial charge in [-0.05, 0) is 25.8 Å². The summed E-state index contributed by atoms with van der Waals surface area (Å²) in [4.78, 5) is 0. The summed E-state index contributed by atoms with van der Waals surface area (Å²) in [5.74, 6) is 1.80. The van der Waals surface area contributed by atoms with Crippen LogP contribution in [0.2, 0.25) is 0 Å². The molecule has 3 heteroatoms. The van der Waals surface area contributed by atoms with Crippen LogP contribution in [0.4, 0.5) is 0 Å². The maximum absolute atomic E-state index is 5.33. The van der Waals surface area contributed by atoms with Crippen molar-refractivity contribution >= 4 is 0 Å². The molecule has 0 aromatic carbocycles. The molecule has 84 valence electrons. The zero-order chi connectivity index (χ0) is 10.5. The Kier molecular flexibility index (Phi) is 3.78. The predicted molar refractivity (Wildman–Crippen MR) is 60.0 cm³/mol. The molecule has 1 fully saturated rings. The normalized spacial score (nSPS) is 18.2. The van der Waals surface area contributed by atoms with Crippen molar-refractivity contribution in [3.63, 3.8) is 0 Å². The molecule has 0 saturated heterocycles. The molecule has 1 aromatic rings. The zero-order valence-corrected chi connectivity index (χ0v) is 9.46. The van der Waals surface area contributed by atoms with E-state index in [1.54, 1.807) is 0 Å². The van der Waals surface area contributed by atoms with Crippen LogP contribution in [0.25, 0.3) is 0 Å².